The highest BCUT2D eigenvalue weighted by atomic mass is 16.7. The van der Waals surface area contributed by atoms with E-state index in [0.717, 1.165) is 38.4 Å². The second-order valence-electron chi connectivity index (χ2n) is 8.71. The number of nitrogens with one attached hydrogen (secondary N) is 1. The van der Waals surface area contributed by atoms with Crippen LogP contribution in [0.2, 0.25) is 0 Å². The summed E-state index contributed by atoms with van der Waals surface area (Å²) in [5, 5.41) is 6.78. The topological polar surface area (TPSA) is 84.5 Å². The number of hydrogen-bond acceptors (Lipinski definition) is 7. The lowest BCUT2D eigenvalue weighted by Crippen LogP contribution is -2.24. The second-order valence-corrected chi connectivity index (χ2v) is 8.71. The molecule has 4 aromatic carbocycles. The van der Waals surface area contributed by atoms with Gasteiger partial charge in [0, 0.05) is 17.7 Å². The second kappa shape index (κ2) is 8.41. The van der Waals surface area contributed by atoms with E-state index in [-0.39, 0.29) is 25.0 Å². The van der Waals surface area contributed by atoms with Gasteiger partial charge in [-0.3, -0.25) is 4.79 Å². The Hall–Kier alpha value is -4.33. The molecule has 36 heavy (non-hydrogen) atoms. The Labute approximate surface area is 207 Å². The highest BCUT2D eigenvalue weighted by Gasteiger charge is 2.32. The lowest BCUT2D eigenvalue weighted by Gasteiger charge is -2.30. The minimum Gasteiger partial charge on any atom is -0.493 e. The van der Waals surface area contributed by atoms with E-state index < -0.39 is 0 Å². The predicted molar refractivity (Wildman–Crippen MR) is 135 cm³/mol. The SMILES string of the molecule is COc1cc2c3c(c4cc(OC)c(OC)cc4c2cc1OC)C(c1ccc2c(c1)OCO2)CC(=O)N3. The van der Waals surface area contributed by atoms with Crippen molar-refractivity contribution >= 4 is 33.1 Å². The van der Waals surface area contributed by atoms with Gasteiger partial charge in [-0.1, -0.05) is 6.07 Å². The molecule has 0 saturated carbocycles. The Morgan fingerprint density at radius 2 is 1.28 bits per heavy atom. The van der Waals surface area contributed by atoms with Gasteiger partial charge in [0.2, 0.25) is 12.7 Å². The number of hydrogen-bond donors (Lipinski definition) is 1. The van der Waals surface area contributed by atoms with Crippen LogP contribution in [0.5, 0.6) is 34.5 Å². The van der Waals surface area contributed by atoms with Gasteiger partial charge in [-0.15, -0.1) is 0 Å². The van der Waals surface area contributed by atoms with E-state index in [2.05, 4.69) is 5.32 Å². The Balaban J connectivity index is 1.73. The van der Waals surface area contributed by atoms with Crippen LogP contribution in [0.4, 0.5) is 5.69 Å². The van der Waals surface area contributed by atoms with Crippen molar-refractivity contribution in [1.82, 2.24) is 0 Å². The number of rotatable bonds is 5. The summed E-state index contributed by atoms with van der Waals surface area (Å²) < 4.78 is 33.6. The summed E-state index contributed by atoms with van der Waals surface area (Å²) in [4.78, 5) is 13.1. The molecular weight excluding hydrogens is 462 g/mol. The number of ether oxygens (including phenoxy) is 6. The van der Waals surface area contributed by atoms with Gasteiger partial charge in [0.15, 0.2) is 34.5 Å². The molecule has 1 unspecified atom stereocenters. The first-order valence-electron chi connectivity index (χ1n) is 11.5. The fourth-order valence-corrected chi connectivity index (χ4v) is 5.30. The van der Waals surface area contributed by atoms with Gasteiger partial charge < -0.3 is 33.7 Å². The van der Waals surface area contributed by atoms with Crippen molar-refractivity contribution < 1.29 is 33.2 Å². The molecule has 2 heterocycles. The number of carbonyl (C=O) groups is 1. The van der Waals surface area contributed by atoms with Crippen LogP contribution < -0.4 is 33.7 Å². The van der Waals surface area contributed by atoms with Crippen molar-refractivity contribution in [1.29, 1.82) is 0 Å². The smallest absolute Gasteiger partial charge is 0.231 e. The summed E-state index contributed by atoms with van der Waals surface area (Å²) in [6.45, 7) is 0.187. The Morgan fingerprint density at radius 1 is 0.722 bits per heavy atom. The molecule has 0 radical (unpaired) electrons. The summed E-state index contributed by atoms with van der Waals surface area (Å²) in [6.07, 6.45) is 0.287. The Morgan fingerprint density at radius 3 is 1.92 bits per heavy atom. The number of fused-ring (bicyclic) bond motifs is 7. The molecule has 1 atom stereocenters. The quantitative estimate of drug-likeness (QED) is 0.386. The zero-order valence-electron chi connectivity index (χ0n) is 20.4. The minimum absolute atomic E-state index is 0.0684. The van der Waals surface area contributed by atoms with Gasteiger partial charge in [-0.25, -0.2) is 0 Å². The normalized spacial score (nSPS) is 16.0. The van der Waals surface area contributed by atoms with Gasteiger partial charge >= 0.3 is 0 Å². The Bertz CT molecular complexity index is 1550. The standard InChI is InChI=1S/C28H25NO7/c1-31-21-8-16-17-9-22(32-2)24(34-4)11-19(17)28-27(18(16)10-23(21)33-3)15(12-26(30)29-28)14-5-6-20-25(7-14)36-13-35-20/h5-11,15H,12-13H2,1-4H3,(H,29,30). The fourth-order valence-electron chi connectivity index (χ4n) is 5.30. The van der Waals surface area contributed by atoms with E-state index in [9.17, 15) is 4.79 Å². The van der Waals surface area contributed by atoms with E-state index in [0.29, 0.717) is 34.5 Å². The molecule has 0 saturated heterocycles. The largest absolute Gasteiger partial charge is 0.493 e. The average molecular weight is 488 g/mol. The van der Waals surface area contributed by atoms with E-state index >= 15 is 0 Å². The third kappa shape index (κ3) is 3.25. The summed E-state index contributed by atoms with van der Waals surface area (Å²) >= 11 is 0. The number of benzene rings is 4. The molecule has 0 aromatic heterocycles. The van der Waals surface area contributed by atoms with E-state index in [4.69, 9.17) is 28.4 Å². The summed E-state index contributed by atoms with van der Waals surface area (Å²) in [7, 11) is 6.43. The molecule has 1 amide bonds. The third-order valence-electron chi connectivity index (χ3n) is 6.97. The maximum Gasteiger partial charge on any atom is 0.231 e. The first-order chi connectivity index (χ1) is 17.6. The highest BCUT2D eigenvalue weighted by molar-refractivity contribution is 6.20. The molecule has 8 heteroatoms. The monoisotopic (exact) mass is 487 g/mol. The molecule has 0 aliphatic carbocycles. The van der Waals surface area contributed by atoms with Crippen LogP contribution in [0.15, 0.2) is 42.5 Å². The molecule has 2 aliphatic heterocycles. The molecule has 4 aromatic rings. The molecule has 0 bridgehead atoms. The first kappa shape index (κ1) is 22.2. The van der Waals surface area contributed by atoms with Gasteiger partial charge in [0.1, 0.15) is 0 Å². The third-order valence-corrected chi connectivity index (χ3v) is 6.97. The van der Waals surface area contributed by atoms with E-state index in [1.54, 1.807) is 28.4 Å². The Kier molecular flexibility index (Phi) is 5.17. The minimum atomic E-state index is -0.221. The van der Waals surface area contributed by atoms with Crippen LogP contribution in [-0.4, -0.2) is 41.1 Å². The van der Waals surface area contributed by atoms with E-state index in [1.165, 1.54) is 0 Å². The lowest BCUT2D eigenvalue weighted by molar-refractivity contribution is -0.116. The molecule has 1 N–H and O–H groups in total. The summed E-state index contributed by atoms with van der Waals surface area (Å²) in [5.74, 6) is 3.47. The molecule has 2 aliphatic rings. The van der Waals surface area contributed by atoms with Crippen molar-refractivity contribution in [2.45, 2.75) is 12.3 Å². The number of anilines is 1. The van der Waals surface area contributed by atoms with Crippen molar-refractivity contribution in [3.8, 4) is 34.5 Å². The highest BCUT2D eigenvalue weighted by Crippen LogP contribution is 2.51. The van der Waals surface area contributed by atoms with Crippen molar-refractivity contribution in [3.05, 3.63) is 53.6 Å². The zero-order chi connectivity index (χ0) is 25.0. The molecule has 0 spiro atoms. The lowest BCUT2D eigenvalue weighted by atomic mass is 9.79. The predicted octanol–water partition coefficient (Wildman–Crippen LogP) is 5.23. The molecule has 8 nitrogen and oxygen atoms in total. The maximum absolute atomic E-state index is 13.1. The van der Waals surface area contributed by atoms with Gasteiger partial charge in [-0.05, 0) is 63.7 Å². The number of carbonyl (C=O) groups excluding carboxylic acids is 1. The van der Waals surface area contributed by atoms with Crippen LogP contribution in [0.1, 0.15) is 23.5 Å². The summed E-state index contributed by atoms with van der Waals surface area (Å²) in [6, 6.07) is 13.6. The van der Waals surface area contributed by atoms with Gasteiger partial charge in [-0.2, -0.15) is 0 Å². The number of amides is 1. The first-order valence-corrected chi connectivity index (χ1v) is 11.5. The molecule has 6 rings (SSSR count). The van der Waals surface area contributed by atoms with Crippen molar-refractivity contribution in [3.63, 3.8) is 0 Å². The van der Waals surface area contributed by atoms with Crippen LogP contribution in [0.3, 0.4) is 0 Å². The number of methoxy groups -OCH3 is 4. The average Bonchev–Trinajstić information content (AvgIpc) is 3.39. The maximum atomic E-state index is 13.1. The zero-order valence-corrected chi connectivity index (χ0v) is 20.4. The van der Waals surface area contributed by atoms with Gasteiger partial charge in [0.05, 0.1) is 34.1 Å². The van der Waals surface area contributed by atoms with E-state index in [1.807, 2.05) is 42.5 Å². The van der Waals surface area contributed by atoms with Crippen LogP contribution in [0.25, 0.3) is 21.5 Å². The summed E-state index contributed by atoms with van der Waals surface area (Å²) in [5.41, 5.74) is 2.69. The van der Waals surface area contributed by atoms with Crippen molar-refractivity contribution in [2.24, 2.45) is 0 Å². The van der Waals surface area contributed by atoms with Crippen LogP contribution >= 0.6 is 0 Å². The molecule has 0 fully saturated rings. The van der Waals surface area contributed by atoms with Crippen LogP contribution in [0, 0.1) is 0 Å². The van der Waals surface area contributed by atoms with Crippen molar-refractivity contribution in [2.75, 3.05) is 40.5 Å². The van der Waals surface area contributed by atoms with Gasteiger partial charge in [0.25, 0.3) is 0 Å². The van der Waals surface area contributed by atoms with Crippen LogP contribution in [-0.2, 0) is 4.79 Å². The molecule has 184 valence electrons. The fraction of sp³-hybridized carbons (Fsp3) is 0.250. The molecular formula is C28H25NO7.